The summed E-state index contributed by atoms with van der Waals surface area (Å²) in [5.41, 5.74) is 2.69. The minimum Gasteiger partial charge on any atom is -0.493 e. The van der Waals surface area contributed by atoms with Crippen LogP contribution in [0, 0.1) is 12.3 Å². The summed E-state index contributed by atoms with van der Waals surface area (Å²) in [5.74, 6) is -0.506. The highest BCUT2D eigenvalue weighted by Crippen LogP contribution is 2.33. The number of methoxy groups -OCH3 is 1. The van der Waals surface area contributed by atoms with E-state index in [0.29, 0.717) is 26.4 Å². The number of hydrazone groups is 1. The zero-order valence-corrected chi connectivity index (χ0v) is 20.3. The van der Waals surface area contributed by atoms with E-state index in [1.54, 1.807) is 41.8 Å². The van der Waals surface area contributed by atoms with Gasteiger partial charge in [-0.05, 0) is 53.9 Å². The lowest BCUT2D eigenvalue weighted by Gasteiger charge is -2.20. The van der Waals surface area contributed by atoms with Crippen molar-refractivity contribution in [2.45, 2.75) is 6.92 Å². The SMILES string of the molecule is COc1cc(/C=C2/C(=N)N3N=C(c4ccc(C)cc4)SC3=NC2=O)ccc1OC(=O)c1cccs1. The zero-order valence-electron chi connectivity index (χ0n) is 18.6. The highest BCUT2D eigenvalue weighted by Gasteiger charge is 2.36. The summed E-state index contributed by atoms with van der Waals surface area (Å²) in [5, 5.41) is 17.3. The summed E-state index contributed by atoms with van der Waals surface area (Å²) in [7, 11) is 1.46. The second-order valence-electron chi connectivity index (χ2n) is 7.57. The molecule has 2 aliphatic rings. The summed E-state index contributed by atoms with van der Waals surface area (Å²) in [6.07, 6.45) is 1.54. The number of aryl methyl sites for hydroxylation is 1. The average molecular weight is 503 g/mol. The van der Waals surface area contributed by atoms with Crippen molar-refractivity contribution >= 4 is 57.1 Å². The lowest BCUT2D eigenvalue weighted by molar-refractivity contribution is -0.114. The van der Waals surface area contributed by atoms with Crippen molar-refractivity contribution in [1.82, 2.24) is 5.01 Å². The lowest BCUT2D eigenvalue weighted by Crippen LogP contribution is -2.35. The van der Waals surface area contributed by atoms with Gasteiger partial charge < -0.3 is 9.47 Å². The van der Waals surface area contributed by atoms with Crippen molar-refractivity contribution in [3.63, 3.8) is 0 Å². The number of carbonyl (C=O) groups is 2. The predicted molar refractivity (Wildman–Crippen MR) is 138 cm³/mol. The summed E-state index contributed by atoms with van der Waals surface area (Å²) in [6, 6.07) is 16.2. The molecule has 0 spiro atoms. The van der Waals surface area contributed by atoms with Crippen LogP contribution in [0.15, 0.2) is 75.6 Å². The number of thioether (sulfide) groups is 1. The Morgan fingerprint density at radius 3 is 2.63 bits per heavy atom. The quantitative estimate of drug-likeness (QED) is 0.301. The molecular formula is C25H18N4O4S2. The molecule has 174 valence electrons. The Labute approximate surface area is 209 Å². The topological polar surface area (TPSA) is 104 Å². The fourth-order valence-electron chi connectivity index (χ4n) is 3.37. The Morgan fingerprint density at radius 2 is 1.91 bits per heavy atom. The molecule has 1 aromatic heterocycles. The van der Waals surface area contributed by atoms with Crippen molar-refractivity contribution in [3.05, 3.63) is 87.1 Å². The van der Waals surface area contributed by atoms with E-state index in [2.05, 4.69) is 10.1 Å². The molecule has 8 nitrogen and oxygen atoms in total. The molecule has 35 heavy (non-hydrogen) atoms. The fourth-order valence-corrected chi connectivity index (χ4v) is 4.87. The molecule has 1 N–H and O–H groups in total. The number of aliphatic imine (C=N–C) groups is 1. The van der Waals surface area contributed by atoms with Gasteiger partial charge in [0, 0.05) is 5.56 Å². The van der Waals surface area contributed by atoms with E-state index >= 15 is 0 Å². The molecule has 0 bridgehead atoms. The first-order chi connectivity index (χ1) is 16.9. The van der Waals surface area contributed by atoms with Crippen LogP contribution in [-0.4, -0.2) is 40.0 Å². The molecule has 10 heteroatoms. The Balaban J connectivity index is 1.40. The third-order valence-corrected chi connectivity index (χ3v) is 6.98. The number of ether oxygens (including phenoxy) is 2. The van der Waals surface area contributed by atoms with Crippen LogP contribution in [0.25, 0.3) is 6.08 Å². The minimum absolute atomic E-state index is 0.0678. The van der Waals surface area contributed by atoms with E-state index < -0.39 is 11.9 Å². The lowest BCUT2D eigenvalue weighted by atomic mass is 10.1. The first-order valence-electron chi connectivity index (χ1n) is 10.4. The Hall–Kier alpha value is -4.02. The number of amidine groups is 2. The summed E-state index contributed by atoms with van der Waals surface area (Å²) >= 11 is 2.53. The smallest absolute Gasteiger partial charge is 0.353 e. The second-order valence-corrected chi connectivity index (χ2v) is 9.47. The largest absolute Gasteiger partial charge is 0.493 e. The number of nitrogens with zero attached hydrogens (tertiary/aromatic N) is 3. The number of esters is 1. The number of thiophene rings is 1. The zero-order chi connectivity index (χ0) is 24.5. The van der Waals surface area contributed by atoms with Crippen LogP contribution in [0.4, 0.5) is 0 Å². The van der Waals surface area contributed by atoms with Gasteiger partial charge in [0.25, 0.3) is 5.91 Å². The van der Waals surface area contributed by atoms with Crippen LogP contribution in [0.1, 0.15) is 26.4 Å². The first-order valence-corrected chi connectivity index (χ1v) is 12.1. The summed E-state index contributed by atoms with van der Waals surface area (Å²) < 4.78 is 10.8. The van der Waals surface area contributed by atoms with Gasteiger partial charge in [0.1, 0.15) is 9.92 Å². The van der Waals surface area contributed by atoms with E-state index in [1.165, 1.54) is 35.2 Å². The fraction of sp³-hybridized carbons (Fsp3) is 0.0800. The van der Waals surface area contributed by atoms with E-state index in [1.807, 2.05) is 31.2 Å². The molecular weight excluding hydrogens is 484 g/mol. The standard InChI is InChI=1S/C25H18N4O4S2/c1-14-5-8-16(9-6-14)23-28-29-21(26)17(22(30)27-25(29)35-23)12-15-7-10-18(19(13-15)32-2)33-24(31)20-4-3-11-34-20/h3-13,26H,1-2H3/b17-12-,26-21?. The van der Waals surface area contributed by atoms with E-state index in [9.17, 15) is 9.59 Å². The highest BCUT2D eigenvalue weighted by molar-refractivity contribution is 8.27. The maximum atomic E-state index is 12.8. The third-order valence-electron chi connectivity index (χ3n) is 5.18. The van der Waals surface area contributed by atoms with Gasteiger partial charge in [-0.2, -0.15) is 15.1 Å². The molecule has 3 aromatic rings. The number of hydrogen-bond acceptors (Lipinski definition) is 8. The van der Waals surface area contributed by atoms with Crippen molar-refractivity contribution in [3.8, 4) is 11.5 Å². The normalized spacial score (nSPS) is 16.2. The van der Waals surface area contributed by atoms with Gasteiger partial charge in [-0.15, -0.1) is 11.3 Å². The van der Waals surface area contributed by atoms with E-state index in [-0.39, 0.29) is 17.2 Å². The second kappa shape index (κ2) is 9.32. The molecule has 0 fully saturated rings. The molecule has 3 heterocycles. The van der Waals surface area contributed by atoms with Crippen LogP contribution in [0.5, 0.6) is 11.5 Å². The van der Waals surface area contributed by atoms with E-state index in [4.69, 9.17) is 14.9 Å². The van der Waals surface area contributed by atoms with Gasteiger partial charge >= 0.3 is 5.97 Å². The third kappa shape index (κ3) is 4.53. The summed E-state index contributed by atoms with van der Waals surface area (Å²) in [4.78, 5) is 29.7. The molecule has 0 aliphatic carbocycles. The van der Waals surface area contributed by atoms with Crippen molar-refractivity contribution in [1.29, 1.82) is 5.41 Å². The maximum absolute atomic E-state index is 12.8. The average Bonchev–Trinajstić information content (AvgIpc) is 3.54. The predicted octanol–water partition coefficient (Wildman–Crippen LogP) is 4.95. The maximum Gasteiger partial charge on any atom is 0.353 e. The van der Waals surface area contributed by atoms with Crippen molar-refractivity contribution < 1.29 is 19.1 Å². The molecule has 0 radical (unpaired) electrons. The molecule has 5 rings (SSSR count). The Morgan fingerprint density at radius 1 is 1.11 bits per heavy atom. The molecule has 0 atom stereocenters. The van der Waals surface area contributed by atoms with Gasteiger partial charge in [0.05, 0.1) is 12.7 Å². The van der Waals surface area contributed by atoms with Crippen molar-refractivity contribution in [2.75, 3.05) is 7.11 Å². The van der Waals surface area contributed by atoms with Gasteiger partial charge in [-0.25, -0.2) is 4.79 Å². The van der Waals surface area contributed by atoms with Gasteiger partial charge in [0.15, 0.2) is 17.3 Å². The number of nitrogens with one attached hydrogen (secondary N) is 1. The molecule has 1 amide bonds. The van der Waals surface area contributed by atoms with Crippen LogP contribution in [-0.2, 0) is 4.79 Å². The Kier molecular flexibility index (Phi) is 6.06. The van der Waals surface area contributed by atoms with Crippen LogP contribution < -0.4 is 9.47 Å². The number of hydrogen-bond donors (Lipinski definition) is 1. The highest BCUT2D eigenvalue weighted by atomic mass is 32.2. The number of benzene rings is 2. The number of fused-ring (bicyclic) bond motifs is 1. The number of amides is 1. The van der Waals surface area contributed by atoms with Gasteiger partial charge in [0.2, 0.25) is 5.17 Å². The Bertz CT molecular complexity index is 1440. The van der Waals surface area contributed by atoms with Crippen LogP contribution in [0.2, 0.25) is 0 Å². The summed E-state index contributed by atoms with van der Waals surface area (Å²) in [6.45, 7) is 2.00. The minimum atomic E-state index is -0.527. The molecule has 2 aliphatic heterocycles. The van der Waals surface area contributed by atoms with Gasteiger partial charge in [-0.3, -0.25) is 10.2 Å². The van der Waals surface area contributed by atoms with Gasteiger partial charge in [-0.1, -0.05) is 42.0 Å². The van der Waals surface area contributed by atoms with Crippen LogP contribution >= 0.6 is 23.1 Å². The number of rotatable bonds is 5. The first kappa shape index (κ1) is 22.8. The molecule has 0 unspecified atom stereocenters. The van der Waals surface area contributed by atoms with Crippen LogP contribution in [0.3, 0.4) is 0 Å². The molecule has 0 saturated heterocycles. The van der Waals surface area contributed by atoms with E-state index in [0.717, 1.165) is 11.1 Å². The molecule has 2 aromatic carbocycles. The number of carbonyl (C=O) groups excluding carboxylic acids is 2. The monoisotopic (exact) mass is 502 g/mol. The molecule has 0 saturated carbocycles. The van der Waals surface area contributed by atoms with Crippen molar-refractivity contribution in [2.24, 2.45) is 10.1 Å².